The third-order valence-electron chi connectivity index (χ3n) is 5.09. The number of para-hydroxylation sites is 2. The van der Waals surface area contributed by atoms with Gasteiger partial charge in [-0.3, -0.25) is 24.0 Å². The van der Waals surface area contributed by atoms with Gasteiger partial charge in [-0.15, -0.1) is 11.3 Å². The molecule has 4 aromatic rings. The molecular formula is C23H18N6O3S. The van der Waals surface area contributed by atoms with Gasteiger partial charge in [-0.25, -0.2) is 4.98 Å². The first-order valence-electron chi connectivity index (χ1n) is 10.0. The summed E-state index contributed by atoms with van der Waals surface area (Å²) >= 11 is 1.36. The highest BCUT2D eigenvalue weighted by atomic mass is 32.1. The summed E-state index contributed by atoms with van der Waals surface area (Å²) in [5.41, 5.74) is 3.33. The average Bonchev–Trinajstić information content (AvgIpc) is 3.48. The molecule has 1 aliphatic heterocycles. The van der Waals surface area contributed by atoms with Crippen LogP contribution >= 0.6 is 11.3 Å². The van der Waals surface area contributed by atoms with Crippen LogP contribution in [0.5, 0.6) is 0 Å². The molecule has 0 bridgehead atoms. The quantitative estimate of drug-likeness (QED) is 0.487. The number of carbonyl (C=O) groups excluding carboxylic acids is 3. The van der Waals surface area contributed by atoms with Crippen LogP contribution in [-0.4, -0.2) is 39.0 Å². The number of aryl methyl sites for hydroxylation is 1. The number of aromatic nitrogens is 3. The molecule has 5 rings (SSSR count). The molecule has 0 spiro atoms. The minimum absolute atomic E-state index is 0.0581. The first-order valence-corrected chi connectivity index (χ1v) is 10.9. The maximum atomic E-state index is 13.0. The van der Waals surface area contributed by atoms with E-state index in [2.05, 4.69) is 20.7 Å². The topological polar surface area (TPSA) is 109 Å². The van der Waals surface area contributed by atoms with E-state index in [1.165, 1.54) is 16.2 Å². The number of fused-ring (bicyclic) bond motifs is 1. The highest BCUT2D eigenvalue weighted by Crippen LogP contribution is 2.30. The Kier molecular flexibility index (Phi) is 5.19. The highest BCUT2D eigenvalue weighted by molar-refractivity contribution is 7.13. The molecule has 164 valence electrons. The Morgan fingerprint density at radius 1 is 1.12 bits per heavy atom. The van der Waals surface area contributed by atoms with Crippen molar-refractivity contribution in [2.24, 2.45) is 7.05 Å². The molecule has 0 saturated heterocycles. The van der Waals surface area contributed by atoms with Crippen molar-refractivity contribution in [2.45, 2.75) is 0 Å². The normalized spacial score (nSPS) is 12.8. The fraction of sp³-hybridized carbons (Fsp3) is 0.0870. The van der Waals surface area contributed by atoms with Crippen LogP contribution in [0.4, 0.5) is 17.1 Å². The van der Waals surface area contributed by atoms with Gasteiger partial charge in [0.2, 0.25) is 5.91 Å². The van der Waals surface area contributed by atoms with Gasteiger partial charge in [0.05, 0.1) is 17.6 Å². The minimum Gasteiger partial charge on any atom is -0.323 e. The molecular weight excluding hydrogens is 440 g/mol. The third-order valence-corrected chi connectivity index (χ3v) is 5.99. The monoisotopic (exact) mass is 458 g/mol. The zero-order valence-corrected chi connectivity index (χ0v) is 18.3. The Labute approximate surface area is 192 Å². The van der Waals surface area contributed by atoms with Gasteiger partial charge in [0.15, 0.2) is 0 Å². The number of hydrogen-bond donors (Lipinski definition) is 2. The molecule has 0 atom stereocenters. The number of rotatable bonds is 4. The molecule has 1 aliphatic rings. The van der Waals surface area contributed by atoms with Gasteiger partial charge in [-0.2, -0.15) is 5.10 Å². The number of anilines is 3. The summed E-state index contributed by atoms with van der Waals surface area (Å²) in [6.45, 7) is -0.0581. The lowest BCUT2D eigenvalue weighted by atomic mass is 10.1. The second-order valence-electron chi connectivity index (χ2n) is 7.43. The minimum atomic E-state index is -0.345. The summed E-state index contributed by atoms with van der Waals surface area (Å²) in [7, 11) is 1.82. The molecule has 2 aromatic heterocycles. The van der Waals surface area contributed by atoms with Gasteiger partial charge in [0.25, 0.3) is 11.8 Å². The predicted molar refractivity (Wildman–Crippen MR) is 125 cm³/mol. The lowest BCUT2D eigenvalue weighted by Crippen LogP contribution is -2.42. The zero-order chi connectivity index (χ0) is 22.9. The van der Waals surface area contributed by atoms with E-state index in [0.717, 1.165) is 5.56 Å². The smallest absolute Gasteiger partial charge is 0.275 e. The largest absolute Gasteiger partial charge is 0.323 e. The number of carbonyl (C=O) groups is 3. The molecule has 0 unspecified atom stereocenters. The fourth-order valence-electron chi connectivity index (χ4n) is 3.50. The van der Waals surface area contributed by atoms with E-state index in [1.54, 1.807) is 58.7 Å². The first-order chi connectivity index (χ1) is 16.0. The average molecular weight is 459 g/mol. The molecule has 33 heavy (non-hydrogen) atoms. The maximum absolute atomic E-state index is 13.0. The van der Waals surface area contributed by atoms with Gasteiger partial charge >= 0.3 is 0 Å². The molecule has 2 aromatic carbocycles. The number of benzene rings is 2. The molecule has 0 radical (unpaired) electrons. The van der Waals surface area contributed by atoms with E-state index in [0.29, 0.717) is 33.3 Å². The fourth-order valence-corrected chi connectivity index (χ4v) is 4.28. The van der Waals surface area contributed by atoms with Crippen molar-refractivity contribution in [2.75, 3.05) is 22.1 Å². The summed E-state index contributed by atoms with van der Waals surface area (Å²) in [5.74, 6) is -0.891. The summed E-state index contributed by atoms with van der Waals surface area (Å²) in [6, 6.07) is 13.7. The van der Waals surface area contributed by atoms with Crippen LogP contribution in [0.2, 0.25) is 0 Å². The lowest BCUT2D eigenvalue weighted by molar-refractivity contribution is -0.115. The van der Waals surface area contributed by atoms with E-state index in [4.69, 9.17) is 0 Å². The second-order valence-corrected chi connectivity index (χ2v) is 8.29. The van der Waals surface area contributed by atoms with Gasteiger partial charge in [-0.1, -0.05) is 12.1 Å². The van der Waals surface area contributed by atoms with Crippen LogP contribution in [0.3, 0.4) is 0 Å². The van der Waals surface area contributed by atoms with Crippen molar-refractivity contribution in [1.29, 1.82) is 0 Å². The molecule has 9 nitrogen and oxygen atoms in total. The SMILES string of the molecule is Cn1cc(-c2nc(C(=O)Nc3ccc(C(=O)N4CC(=O)Nc5ccccc54)cc3)cs2)cn1. The number of nitrogens with zero attached hydrogens (tertiary/aromatic N) is 4. The summed E-state index contributed by atoms with van der Waals surface area (Å²) in [6.07, 6.45) is 3.53. The Balaban J connectivity index is 1.29. The van der Waals surface area contributed by atoms with Crippen LogP contribution in [0.25, 0.3) is 10.6 Å². The second kappa shape index (κ2) is 8.32. The Morgan fingerprint density at radius 3 is 2.67 bits per heavy atom. The number of thiazole rings is 1. The van der Waals surface area contributed by atoms with Crippen LogP contribution < -0.4 is 15.5 Å². The van der Waals surface area contributed by atoms with Crippen molar-refractivity contribution in [3.63, 3.8) is 0 Å². The lowest BCUT2D eigenvalue weighted by Gasteiger charge is -2.29. The number of hydrogen-bond acceptors (Lipinski definition) is 6. The summed E-state index contributed by atoms with van der Waals surface area (Å²) in [4.78, 5) is 43.5. The third kappa shape index (κ3) is 4.11. The van der Waals surface area contributed by atoms with E-state index < -0.39 is 0 Å². The van der Waals surface area contributed by atoms with Gasteiger partial charge in [0.1, 0.15) is 17.2 Å². The zero-order valence-electron chi connectivity index (χ0n) is 17.5. The maximum Gasteiger partial charge on any atom is 0.275 e. The molecule has 0 fully saturated rings. The van der Waals surface area contributed by atoms with Crippen LogP contribution in [0.1, 0.15) is 20.8 Å². The highest BCUT2D eigenvalue weighted by Gasteiger charge is 2.27. The number of amides is 3. The van der Waals surface area contributed by atoms with Crippen molar-refractivity contribution < 1.29 is 14.4 Å². The van der Waals surface area contributed by atoms with Gasteiger partial charge < -0.3 is 10.6 Å². The molecule has 0 aliphatic carbocycles. The summed E-state index contributed by atoms with van der Waals surface area (Å²) in [5, 5.41) is 12.1. The van der Waals surface area contributed by atoms with Gasteiger partial charge in [-0.05, 0) is 36.4 Å². The van der Waals surface area contributed by atoms with Crippen LogP contribution in [-0.2, 0) is 11.8 Å². The molecule has 2 N–H and O–H groups in total. The predicted octanol–water partition coefficient (Wildman–Crippen LogP) is 3.39. The molecule has 0 saturated carbocycles. The van der Waals surface area contributed by atoms with E-state index in [1.807, 2.05) is 19.3 Å². The van der Waals surface area contributed by atoms with Crippen LogP contribution in [0.15, 0.2) is 66.3 Å². The Hall–Kier alpha value is -4.31. The Bertz CT molecular complexity index is 1370. The molecule has 10 heteroatoms. The first kappa shape index (κ1) is 20.6. The van der Waals surface area contributed by atoms with Gasteiger partial charge in [0, 0.05) is 35.4 Å². The number of nitrogens with one attached hydrogen (secondary N) is 2. The van der Waals surface area contributed by atoms with Crippen molar-refractivity contribution in [1.82, 2.24) is 14.8 Å². The van der Waals surface area contributed by atoms with E-state index in [9.17, 15) is 14.4 Å². The van der Waals surface area contributed by atoms with Crippen molar-refractivity contribution >= 4 is 46.1 Å². The van der Waals surface area contributed by atoms with Crippen molar-refractivity contribution in [3.05, 3.63) is 77.6 Å². The summed E-state index contributed by atoms with van der Waals surface area (Å²) < 4.78 is 1.67. The van der Waals surface area contributed by atoms with Crippen LogP contribution in [0, 0.1) is 0 Å². The van der Waals surface area contributed by atoms with E-state index >= 15 is 0 Å². The van der Waals surface area contributed by atoms with Crippen molar-refractivity contribution in [3.8, 4) is 10.6 Å². The van der Waals surface area contributed by atoms with E-state index in [-0.39, 0.29) is 24.3 Å². The molecule has 3 heterocycles. The Morgan fingerprint density at radius 2 is 1.91 bits per heavy atom. The molecule has 3 amide bonds. The standard InChI is InChI=1S/C23H18N6O3S/c1-28-11-15(10-24-28)22-27-18(13-33-22)21(31)25-16-8-6-14(7-9-16)23(32)29-12-20(30)26-17-4-2-3-5-19(17)29/h2-11,13H,12H2,1H3,(H,25,31)(H,26,30).